The van der Waals surface area contributed by atoms with Crippen LogP contribution in [-0.4, -0.2) is 34.6 Å². The Morgan fingerprint density at radius 3 is 1.97 bits per heavy atom. The summed E-state index contributed by atoms with van der Waals surface area (Å²) in [7, 11) is 0. The quantitative estimate of drug-likeness (QED) is 0.150. The molecule has 0 saturated heterocycles. The molecule has 3 aromatic carbocycles. The van der Waals surface area contributed by atoms with Gasteiger partial charge in [0.15, 0.2) is 11.6 Å². The number of benzene rings is 3. The number of aryl methyl sites for hydroxylation is 1. The molecule has 0 atom stereocenters. The fraction of sp³-hybridized carbons (Fsp3) is 0.250. The van der Waals surface area contributed by atoms with Gasteiger partial charge in [-0.2, -0.15) is 0 Å². The zero-order valence-corrected chi connectivity index (χ0v) is 22.5. The van der Waals surface area contributed by atoms with E-state index < -0.39 is 0 Å². The molecule has 1 amide bonds. The topological polar surface area (TPSA) is 94.5 Å². The Labute approximate surface area is 227 Å². The number of amides is 1. The summed E-state index contributed by atoms with van der Waals surface area (Å²) in [6.45, 7) is 6.21. The van der Waals surface area contributed by atoms with Crippen molar-refractivity contribution in [2.75, 3.05) is 6.61 Å². The van der Waals surface area contributed by atoms with Crippen molar-refractivity contribution >= 4 is 51.3 Å². The highest BCUT2D eigenvalue weighted by molar-refractivity contribution is 6.12. The van der Waals surface area contributed by atoms with Gasteiger partial charge < -0.3 is 14.6 Å². The summed E-state index contributed by atoms with van der Waals surface area (Å²) in [6, 6.07) is 18.9. The van der Waals surface area contributed by atoms with Gasteiger partial charge in [-0.15, -0.1) is 0 Å². The maximum Gasteiger partial charge on any atom is 0.330 e. The number of Topliss-reactive ketones (excluding diaryl/α,β-unsaturated/α-hetero) is 2. The maximum absolute atomic E-state index is 12.6. The summed E-state index contributed by atoms with van der Waals surface area (Å²) < 4.78 is 7.02. The van der Waals surface area contributed by atoms with Crippen molar-refractivity contribution in [2.45, 2.75) is 46.7 Å². The number of esters is 1. The van der Waals surface area contributed by atoms with Crippen molar-refractivity contribution in [3.8, 4) is 0 Å². The average Bonchev–Trinajstić information content (AvgIpc) is 3.23. The van der Waals surface area contributed by atoms with Gasteiger partial charge in [0, 0.05) is 58.5 Å². The first kappa shape index (κ1) is 27.5. The van der Waals surface area contributed by atoms with E-state index in [4.69, 9.17) is 4.74 Å². The first-order valence-corrected chi connectivity index (χ1v) is 13.0. The summed E-state index contributed by atoms with van der Waals surface area (Å²) in [5.41, 5.74) is 5.01. The lowest BCUT2D eigenvalue weighted by atomic mass is 10.0. The van der Waals surface area contributed by atoms with E-state index in [0.717, 1.165) is 32.9 Å². The maximum atomic E-state index is 12.6. The van der Waals surface area contributed by atoms with E-state index >= 15 is 0 Å². The minimum Gasteiger partial charge on any atom is -0.463 e. The van der Waals surface area contributed by atoms with Gasteiger partial charge >= 0.3 is 5.97 Å². The summed E-state index contributed by atoms with van der Waals surface area (Å²) in [6.07, 6.45) is 4.07. The standard InChI is InChI=1S/C32H32N2O5/c1-4-39-32(38)16-11-23-7-9-24(10-8-23)20-33-31(37)6-5-17-34-29-14-12-25(21(2)35)18-27(29)28-19-26(22(3)36)13-15-30(28)34/h7-16,18-19H,4-6,17,20H2,1-3H3,(H,33,37)/b16-11+. The van der Waals surface area contributed by atoms with Gasteiger partial charge in [-0.1, -0.05) is 24.3 Å². The molecule has 0 spiro atoms. The molecule has 0 aliphatic rings. The largest absolute Gasteiger partial charge is 0.463 e. The molecule has 4 aromatic rings. The number of nitrogens with one attached hydrogen (secondary N) is 1. The molecule has 0 unspecified atom stereocenters. The highest BCUT2D eigenvalue weighted by Gasteiger charge is 2.14. The number of hydrogen-bond donors (Lipinski definition) is 1. The number of carbonyl (C=O) groups is 4. The Morgan fingerprint density at radius 1 is 0.846 bits per heavy atom. The SMILES string of the molecule is CCOC(=O)/C=C/c1ccc(CNC(=O)CCCn2c3ccc(C(C)=O)cc3c3cc(C(C)=O)ccc32)cc1. The van der Waals surface area contributed by atoms with Crippen LogP contribution in [0.25, 0.3) is 27.9 Å². The lowest BCUT2D eigenvalue weighted by Gasteiger charge is -2.09. The van der Waals surface area contributed by atoms with Crippen LogP contribution in [0.2, 0.25) is 0 Å². The fourth-order valence-corrected chi connectivity index (χ4v) is 4.57. The number of ketones is 2. The molecule has 0 radical (unpaired) electrons. The molecule has 0 fully saturated rings. The van der Waals surface area contributed by atoms with Gasteiger partial charge in [0.1, 0.15) is 0 Å². The molecule has 0 aliphatic heterocycles. The third-order valence-electron chi connectivity index (χ3n) is 6.63. The highest BCUT2D eigenvalue weighted by Crippen LogP contribution is 2.31. The third kappa shape index (κ3) is 6.68. The smallest absolute Gasteiger partial charge is 0.330 e. The second-order valence-corrected chi connectivity index (χ2v) is 9.44. The van der Waals surface area contributed by atoms with E-state index in [0.29, 0.717) is 43.7 Å². The third-order valence-corrected chi connectivity index (χ3v) is 6.63. The number of fused-ring (bicyclic) bond motifs is 3. The molecule has 0 aliphatic carbocycles. The van der Waals surface area contributed by atoms with Crippen LogP contribution in [0.15, 0.2) is 66.7 Å². The predicted octanol–water partition coefficient (Wildman–Crippen LogP) is 5.87. The summed E-state index contributed by atoms with van der Waals surface area (Å²) in [5.74, 6) is -0.448. The molecule has 1 N–H and O–H groups in total. The van der Waals surface area contributed by atoms with Crippen LogP contribution in [0.3, 0.4) is 0 Å². The number of aromatic nitrogens is 1. The molecule has 1 heterocycles. The first-order valence-electron chi connectivity index (χ1n) is 13.0. The zero-order valence-electron chi connectivity index (χ0n) is 22.5. The van der Waals surface area contributed by atoms with Crippen LogP contribution in [0.1, 0.15) is 65.5 Å². The zero-order chi connectivity index (χ0) is 27.9. The average molecular weight is 525 g/mol. The summed E-state index contributed by atoms with van der Waals surface area (Å²) in [4.78, 5) is 48.0. The molecular weight excluding hydrogens is 492 g/mol. The van der Waals surface area contributed by atoms with E-state index in [9.17, 15) is 19.2 Å². The molecule has 7 heteroatoms. The van der Waals surface area contributed by atoms with Crippen LogP contribution < -0.4 is 5.32 Å². The highest BCUT2D eigenvalue weighted by atomic mass is 16.5. The van der Waals surface area contributed by atoms with Gasteiger partial charge in [0.05, 0.1) is 6.61 Å². The van der Waals surface area contributed by atoms with Crippen molar-refractivity contribution in [1.82, 2.24) is 9.88 Å². The van der Waals surface area contributed by atoms with Crippen LogP contribution in [0, 0.1) is 0 Å². The molecule has 39 heavy (non-hydrogen) atoms. The second-order valence-electron chi connectivity index (χ2n) is 9.44. The van der Waals surface area contributed by atoms with Crippen molar-refractivity contribution in [2.24, 2.45) is 0 Å². The van der Waals surface area contributed by atoms with Gasteiger partial charge in [-0.3, -0.25) is 14.4 Å². The van der Waals surface area contributed by atoms with E-state index in [1.807, 2.05) is 60.7 Å². The first-order chi connectivity index (χ1) is 18.8. The minimum absolute atomic E-state index is 0.0139. The molecule has 4 rings (SSSR count). The van der Waals surface area contributed by atoms with Crippen molar-refractivity contribution in [3.05, 3.63) is 89.0 Å². The molecule has 0 bridgehead atoms. The van der Waals surface area contributed by atoms with E-state index in [-0.39, 0.29) is 23.4 Å². The number of rotatable bonds is 11. The fourth-order valence-electron chi connectivity index (χ4n) is 4.57. The number of nitrogens with zero attached hydrogens (tertiary/aromatic N) is 1. The van der Waals surface area contributed by atoms with E-state index in [1.54, 1.807) is 13.0 Å². The minimum atomic E-state index is -0.378. The Morgan fingerprint density at radius 2 is 1.44 bits per heavy atom. The van der Waals surface area contributed by atoms with Crippen LogP contribution in [0.5, 0.6) is 0 Å². The predicted molar refractivity (Wildman–Crippen MR) is 153 cm³/mol. The lowest BCUT2D eigenvalue weighted by molar-refractivity contribution is -0.137. The lowest BCUT2D eigenvalue weighted by Crippen LogP contribution is -2.22. The van der Waals surface area contributed by atoms with Gasteiger partial charge in [-0.25, -0.2) is 4.79 Å². The Bertz CT molecular complexity index is 1510. The Kier molecular flexibility index (Phi) is 8.71. The second kappa shape index (κ2) is 12.3. The van der Waals surface area contributed by atoms with Gasteiger partial charge in [0.25, 0.3) is 0 Å². The van der Waals surface area contributed by atoms with Crippen LogP contribution in [-0.2, 0) is 27.4 Å². The van der Waals surface area contributed by atoms with Crippen LogP contribution in [0.4, 0.5) is 0 Å². The van der Waals surface area contributed by atoms with Gasteiger partial charge in [0.2, 0.25) is 5.91 Å². The normalized spacial score (nSPS) is 11.3. The van der Waals surface area contributed by atoms with Crippen molar-refractivity contribution in [3.63, 3.8) is 0 Å². The van der Waals surface area contributed by atoms with Crippen molar-refractivity contribution in [1.29, 1.82) is 0 Å². The van der Waals surface area contributed by atoms with Crippen LogP contribution >= 0.6 is 0 Å². The molecule has 0 saturated carbocycles. The number of ether oxygens (including phenoxy) is 1. The summed E-state index contributed by atoms with van der Waals surface area (Å²) >= 11 is 0. The molecule has 1 aromatic heterocycles. The summed E-state index contributed by atoms with van der Waals surface area (Å²) in [5, 5.41) is 4.81. The Balaban J connectivity index is 1.39. The van der Waals surface area contributed by atoms with E-state index in [2.05, 4.69) is 9.88 Å². The molecule has 200 valence electrons. The van der Waals surface area contributed by atoms with E-state index in [1.165, 1.54) is 19.9 Å². The van der Waals surface area contributed by atoms with Crippen molar-refractivity contribution < 1.29 is 23.9 Å². The number of hydrogen-bond acceptors (Lipinski definition) is 5. The molecule has 7 nitrogen and oxygen atoms in total. The molecular formula is C32H32N2O5. The Hall–Kier alpha value is -4.52. The number of carbonyl (C=O) groups excluding carboxylic acids is 4. The van der Waals surface area contributed by atoms with Gasteiger partial charge in [-0.05, 0) is 80.8 Å². The monoisotopic (exact) mass is 524 g/mol.